The van der Waals surface area contributed by atoms with Gasteiger partial charge in [-0.1, -0.05) is 19.9 Å². The summed E-state index contributed by atoms with van der Waals surface area (Å²) in [5, 5.41) is 11.7. The fourth-order valence-corrected chi connectivity index (χ4v) is 2.33. The molecule has 1 amide bonds. The third-order valence-corrected chi connectivity index (χ3v) is 4.17. The molecule has 1 rings (SSSR count). The number of hydrogen-bond acceptors (Lipinski definition) is 2. The van der Waals surface area contributed by atoms with Gasteiger partial charge in [0.25, 0.3) is 0 Å². The van der Waals surface area contributed by atoms with E-state index in [0.29, 0.717) is 10.0 Å². The van der Waals surface area contributed by atoms with Crippen LogP contribution >= 0.6 is 15.9 Å². The Bertz CT molecular complexity index is 548. The molecule has 0 radical (unpaired) electrons. The Kier molecular flexibility index (Phi) is 5.89. The molecule has 0 spiro atoms. The van der Waals surface area contributed by atoms with Crippen molar-refractivity contribution in [2.45, 2.75) is 39.2 Å². The Hall–Kier alpha value is -1.43. The van der Waals surface area contributed by atoms with E-state index < -0.39 is 17.3 Å². The zero-order chi connectivity index (χ0) is 16.2. The normalized spacial score (nSPS) is 13.8. The van der Waals surface area contributed by atoms with Crippen molar-refractivity contribution in [1.82, 2.24) is 5.32 Å². The monoisotopic (exact) mass is 359 g/mol. The fraction of sp³-hybridized carbons (Fsp3) is 0.467. The van der Waals surface area contributed by atoms with Gasteiger partial charge in [-0.05, 0) is 46.5 Å². The maximum Gasteiger partial charge on any atom is 0.305 e. The number of aliphatic carboxylic acids is 1. The topological polar surface area (TPSA) is 66.4 Å². The van der Waals surface area contributed by atoms with E-state index in [0.717, 1.165) is 0 Å². The number of carboxylic acids is 1. The third kappa shape index (κ3) is 5.12. The van der Waals surface area contributed by atoms with Gasteiger partial charge in [0.2, 0.25) is 5.91 Å². The first-order valence-corrected chi connectivity index (χ1v) is 7.40. The smallest absolute Gasteiger partial charge is 0.305 e. The standard InChI is InChI=1S/C15H19BrFNO3/c1-9(2)15(3,8-14(20)21)18-13(19)7-10-4-5-12(17)11(16)6-10/h4-6,9H,7-8H2,1-3H3,(H,18,19)(H,20,21). The molecule has 0 aliphatic carbocycles. The minimum atomic E-state index is -0.962. The Morgan fingerprint density at radius 3 is 2.52 bits per heavy atom. The molecule has 0 fully saturated rings. The molecule has 1 aromatic carbocycles. The van der Waals surface area contributed by atoms with Crippen LogP contribution in [0.25, 0.3) is 0 Å². The number of halogens is 2. The maximum absolute atomic E-state index is 13.1. The van der Waals surface area contributed by atoms with E-state index in [1.54, 1.807) is 13.0 Å². The second-order valence-corrected chi connectivity index (χ2v) is 6.47. The first-order chi connectivity index (χ1) is 9.64. The molecule has 0 bridgehead atoms. The molecule has 0 saturated heterocycles. The minimum Gasteiger partial charge on any atom is -0.481 e. The molecule has 21 heavy (non-hydrogen) atoms. The molecule has 0 aliphatic rings. The molecule has 116 valence electrons. The van der Waals surface area contributed by atoms with Crippen molar-refractivity contribution in [2.75, 3.05) is 0 Å². The van der Waals surface area contributed by atoms with Gasteiger partial charge in [0.05, 0.1) is 17.3 Å². The molecule has 0 aromatic heterocycles. The quantitative estimate of drug-likeness (QED) is 0.819. The van der Waals surface area contributed by atoms with Crippen LogP contribution in [0.4, 0.5) is 4.39 Å². The largest absolute Gasteiger partial charge is 0.481 e. The molecule has 4 nitrogen and oxygen atoms in total. The summed E-state index contributed by atoms with van der Waals surface area (Å²) in [6.07, 6.45) is -0.0790. The molecule has 0 aliphatic heterocycles. The molecule has 1 atom stereocenters. The van der Waals surface area contributed by atoms with Crippen LogP contribution in [0.1, 0.15) is 32.8 Å². The summed E-state index contributed by atoms with van der Waals surface area (Å²) in [6.45, 7) is 5.43. The van der Waals surface area contributed by atoms with Crippen LogP contribution in [0, 0.1) is 11.7 Å². The number of carbonyl (C=O) groups excluding carboxylic acids is 1. The maximum atomic E-state index is 13.1. The summed E-state index contributed by atoms with van der Waals surface area (Å²) in [4.78, 5) is 23.0. The average molecular weight is 360 g/mol. The van der Waals surface area contributed by atoms with Crippen LogP contribution in [0.5, 0.6) is 0 Å². The Labute approximate surface area is 131 Å². The summed E-state index contributed by atoms with van der Waals surface area (Å²) >= 11 is 3.07. The van der Waals surface area contributed by atoms with Gasteiger partial charge in [-0.25, -0.2) is 4.39 Å². The van der Waals surface area contributed by atoms with E-state index in [9.17, 15) is 14.0 Å². The van der Waals surface area contributed by atoms with Crippen LogP contribution in [-0.2, 0) is 16.0 Å². The zero-order valence-electron chi connectivity index (χ0n) is 12.2. The summed E-state index contributed by atoms with van der Waals surface area (Å²) in [7, 11) is 0. The number of carboxylic acid groups (broad SMARTS) is 1. The van der Waals surface area contributed by atoms with Gasteiger partial charge < -0.3 is 10.4 Å². The number of amides is 1. The molecular weight excluding hydrogens is 341 g/mol. The van der Waals surface area contributed by atoms with Crippen molar-refractivity contribution in [2.24, 2.45) is 5.92 Å². The lowest BCUT2D eigenvalue weighted by molar-refractivity contribution is -0.139. The van der Waals surface area contributed by atoms with Crippen LogP contribution in [-0.4, -0.2) is 22.5 Å². The first-order valence-electron chi connectivity index (χ1n) is 6.61. The van der Waals surface area contributed by atoms with Crippen molar-refractivity contribution < 1.29 is 19.1 Å². The summed E-state index contributed by atoms with van der Waals surface area (Å²) in [6, 6.07) is 4.36. The van der Waals surface area contributed by atoms with Gasteiger partial charge in [-0.3, -0.25) is 9.59 Å². The van der Waals surface area contributed by atoms with E-state index in [2.05, 4.69) is 21.2 Å². The van der Waals surface area contributed by atoms with Crippen LogP contribution in [0.2, 0.25) is 0 Å². The molecule has 2 N–H and O–H groups in total. The second kappa shape index (κ2) is 7.02. The van der Waals surface area contributed by atoms with Crippen LogP contribution < -0.4 is 5.32 Å². The number of rotatable bonds is 6. The van der Waals surface area contributed by atoms with Gasteiger partial charge in [-0.2, -0.15) is 0 Å². The van der Waals surface area contributed by atoms with Gasteiger partial charge in [0, 0.05) is 5.54 Å². The fourth-order valence-electron chi connectivity index (χ4n) is 1.90. The zero-order valence-corrected chi connectivity index (χ0v) is 13.8. The van der Waals surface area contributed by atoms with Crippen LogP contribution in [0.15, 0.2) is 22.7 Å². The molecule has 1 aromatic rings. The SMILES string of the molecule is CC(C)C(C)(CC(=O)O)NC(=O)Cc1ccc(F)c(Br)c1. The Morgan fingerprint density at radius 1 is 1.43 bits per heavy atom. The molecule has 1 unspecified atom stereocenters. The predicted molar refractivity (Wildman–Crippen MR) is 81.4 cm³/mol. The lowest BCUT2D eigenvalue weighted by Crippen LogP contribution is -2.51. The van der Waals surface area contributed by atoms with Crippen LogP contribution in [0.3, 0.4) is 0 Å². The number of nitrogens with one attached hydrogen (secondary N) is 1. The highest BCUT2D eigenvalue weighted by Gasteiger charge is 2.32. The summed E-state index contributed by atoms with van der Waals surface area (Å²) in [5.41, 5.74) is -0.164. The minimum absolute atomic E-state index is 0.0301. The van der Waals surface area contributed by atoms with Crippen molar-refractivity contribution in [3.63, 3.8) is 0 Å². The third-order valence-electron chi connectivity index (χ3n) is 3.57. The number of benzene rings is 1. The second-order valence-electron chi connectivity index (χ2n) is 5.62. The van der Waals surface area contributed by atoms with E-state index in [1.807, 2.05) is 13.8 Å². The molecule has 6 heteroatoms. The lowest BCUT2D eigenvalue weighted by atomic mass is 9.85. The first kappa shape index (κ1) is 17.6. The van der Waals surface area contributed by atoms with Gasteiger partial charge >= 0.3 is 5.97 Å². The highest BCUT2D eigenvalue weighted by Crippen LogP contribution is 2.22. The number of hydrogen-bond donors (Lipinski definition) is 2. The van der Waals surface area contributed by atoms with E-state index in [4.69, 9.17) is 5.11 Å². The Morgan fingerprint density at radius 2 is 2.05 bits per heavy atom. The Balaban J connectivity index is 2.78. The molecule has 0 saturated carbocycles. The highest BCUT2D eigenvalue weighted by atomic mass is 79.9. The average Bonchev–Trinajstić information content (AvgIpc) is 2.32. The van der Waals surface area contributed by atoms with E-state index in [-0.39, 0.29) is 24.7 Å². The molecular formula is C15H19BrFNO3. The van der Waals surface area contributed by atoms with Crippen molar-refractivity contribution >= 4 is 27.8 Å². The van der Waals surface area contributed by atoms with E-state index >= 15 is 0 Å². The lowest BCUT2D eigenvalue weighted by Gasteiger charge is -2.33. The van der Waals surface area contributed by atoms with Gasteiger partial charge in [0.15, 0.2) is 0 Å². The van der Waals surface area contributed by atoms with Crippen molar-refractivity contribution in [3.05, 3.63) is 34.1 Å². The highest BCUT2D eigenvalue weighted by molar-refractivity contribution is 9.10. The summed E-state index contributed by atoms with van der Waals surface area (Å²) < 4.78 is 13.4. The van der Waals surface area contributed by atoms with Crippen molar-refractivity contribution in [1.29, 1.82) is 0 Å². The van der Waals surface area contributed by atoms with E-state index in [1.165, 1.54) is 12.1 Å². The summed E-state index contributed by atoms with van der Waals surface area (Å²) in [5.74, 6) is -1.67. The molecule has 0 heterocycles. The number of carbonyl (C=O) groups is 2. The predicted octanol–water partition coefficient (Wildman–Crippen LogP) is 3.14. The van der Waals surface area contributed by atoms with Gasteiger partial charge in [-0.15, -0.1) is 0 Å². The van der Waals surface area contributed by atoms with Gasteiger partial charge in [0.1, 0.15) is 5.82 Å². The van der Waals surface area contributed by atoms with Crippen molar-refractivity contribution in [3.8, 4) is 0 Å².